The van der Waals surface area contributed by atoms with E-state index in [-0.39, 0.29) is 18.0 Å². The highest BCUT2D eigenvalue weighted by atomic mass is 19.1. The van der Waals surface area contributed by atoms with Crippen molar-refractivity contribution in [3.63, 3.8) is 0 Å². The van der Waals surface area contributed by atoms with Crippen molar-refractivity contribution < 1.29 is 9.13 Å². The van der Waals surface area contributed by atoms with Crippen molar-refractivity contribution in [2.45, 2.75) is 38.8 Å². The fourth-order valence-corrected chi connectivity index (χ4v) is 2.31. The Morgan fingerprint density at radius 3 is 2.81 bits per heavy atom. The van der Waals surface area contributed by atoms with Crippen LogP contribution in [0.15, 0.2) is 12.1 Å². The molecule has 0 amide bonds. The SMILES string of the molecule is CCCC1Oc2c(ccc(C)c2F)C1NC. The molecule has 1 aromatic carbocycles. The van der Waals surface area contributed by atoms with Crippen molar-refractivity contribution in [1.29, 1.82) is 0 Å². The molecule has 2 nitrogen and oxygen atoms in total. The van der Waals surface area contributed by atoms with E-state index in [1.54, 1.807) is 6.92 Å². The Labute approximate surface area is 95.8 Å². The van der Waals surface area contributed by atoms with Crippen molar-refractivity contribution in [3.05, 3.63) is 29.1 Å². The molecule has 2 atom stereocenters. The maximum atomic E-state index is 13.9. The van der Waals surface area contributed by atoms with Gasteiger partial charge >= 0.3 is 0 Å². The second kappa shape index (κ2) is 4.42. The van der Waals surface area contributed by atoms with E-state index in [4.69, 9.17) is 4.74 Å². The molecule has 0 fully saturated rings. The lowest BCUT2D eigenvalue weighted by atomic mass is 10.00. The Balaban J connectivity index is 2.38. The van der Waals surface area contributed by atoms with Crippen LogP contribution in [-0.2, 0) is 0 Å². The highest BCUT2D eigenvalue weighted by Gasteiger charge is 2.34. The van der Waals surface area contributed by atoms with Gasteiger partial charge in [0.15, 0.2) is 11.6 Å². The van der Waals surface area contributed by atoms with E-state index in [2.05, 4.69) is 12.2 Å². The Morgan fingerprint density at radius 2 is 2.19 bits per heavy atom. The summed E-state index contributed by atoms with van der Waals surface area (Å²) in [6, 6.07) is 3.89. The molecule has 1 aromatic rings. The first-order valence-electron chi connectivity index (χ1n) is 5.82. The van der Waals surface area contributed by atoms with E-state index in [1.165, 1.54) is 0 Å². The van der Waals surface area contributed by atoms with E-state index in [0.717, 1.165) is 18.4 Å². The zero-order chi connectivity index (χ0) is 11.7. The van der Waals surface area contributed by atoms with Gasteiger partial charge in [0.25, 0.3) is 0 Å². The number of fused-ring (bicyclic) bond motifs is 1. The molecule has 88 valence electrons. The molecule has 3 heteroatoms. The topological polar surface area (TPSA) is 21.3 Å². The third-order valence-electron chi connectivity index (χ3n) is 3.18. The van der Waals surface area contributed by atoms with Gasteiger partial charge in [0, 0.05) is 5.56 Å². The fraction of sp³-hybridized carbons (Fsp3) is 0.538. The molecule has 16 heavy (non-hydrogen) atoms. The number of rotatable bonds is 3. The minimum Gasteiger partial charge on any atom is -0.485 e. The summed E-state index contributed by atoms with van der Waals surface area (Å²) < 4.78 is 19.6. The van der Waals surface area contributed by atoms with Crippen LogP contribution in [0.1, 0.15) is 36.9 Å². The predicted octanol–water partition coefficient (Wildman–Crippen LogP) is 2.96. The Kier molecular flexibility index (Phi) is 3.15. The summed E-state index contributed by atoms with van der Waals surface area (Å²) in [4.78, 5) is 0. The zero-order valence-electron chi connectivity index (χ0n) is 10.0. The summed E-state index contributed by atoms with van der Waals surface area (Å²) in [6.07, 6.45) is 2.04. The first-order valence-corrected chi connectivity index (χ1v) is 5.82. The van der Waals surface area contributed by atoms with Crippen molar-refractivity contribution in [3.8, 4) is 5.75 Å². The van der Waals surface area contributed by atoms with Crippen LogP contribution in [0.25, 0.3) is 0 Å². The molecule has 0 aliphatic carbocycles. The van der Waals surface area contributed by atoms with Gasteiger partial charge < -0.3 is 10.1 Å². The normalized spacial score (nSPS) is 23.0. The molecular weight excluding hydrogens is 205 g/mol. The highest BCUT2D eigenvalue weighted by molar-refractivity contribution is 5.44. The number of nitrogens with one attached hydrogen (secondary N) is 1. The monoisotopic (exact) mass is 223 g/mol. The van der Waals surface area contributed by atoms with Gasteiger partial charge in [0.1, 0.15) is 6.10 Å². The Morgan fingerprint density at radius 1 is 1.44 bits per heavy atom. The van der Waals surface area contributed by atoms with E-state index >= 15 is 0 Å². The second-order valence-corrected chi connectivity index (χ2v) is 4.33. The molecule has 0 aromatic heterocycles. The van der Waals surface area contributed by atoms with Crippen LogP contribution in [0, 0.1) is 12.7 Å². The minimum absolute atomic E-state index is 0.0568. The fourth-order valence-electron chi connectivity index (χ4n) is 2.31. The van der Waals surface area contributed by atoms with Gasteiger partial charge in [-0.2, -0.15) is 0 Å². The summed E-state index contributed by atoms with van der Waals surface area (Å²) in [7, 11) is 1.89. The average molecular weight is 223 g/mol. The van der Waals surface area contributed by atoms with E-state index in [1.807, 2.05) is 19.2 Å². The van der Waals surface area contributed by atoms with E-state index in [0.29, 0.717) is 11.3 Å². The van der Waals surface area contributed by atoms with Crippen molar-refractivity contribution in [1.82, 2.24) is 5.32 Å². The maximum absolute atomic E-state index is 13.9. The minimum atomic E-state index is -0.212. The Hall–Kier alpha value is -1.09. The quantitative estimate of drug-likeness (QED) is 0.850. The number of likely N-dealkylation sites (N-methyl/N-ethyl adjacent to an activating group) is 1. The number of ether oxygens (including phenoxy) is 1. The molecule has 1 N–H and O–H groups in total. The van der Waals surface area contributed by atoms with Gasteiger partial charge in [-0.15, -0.1) is 0 Å². The zero-order valence-corrected chi connectivity index (χ0v) is 10.0. The standard InChI is InChI=1S/C13H18FNO/c1-4-5-10-12(15-3)9-7-6-8(2)11(14)13(9)16-10/h6-7,10,12,15H,4-5H2,1-3H3. The summed E-state index contributed by atoms with van der Waals surface area (Å²) in [5.74, 6) is 0.231. The lowest BCUT2D eigenvalue weighted by Gasteiger charge is -2.17. The van der Waals surface area contributed by atoms with Crippen molar-refractivity contribution in [2.24, 2.45) is 0 Å². The predicted molar refractivity (Wildman–Crippen MR) is 62.3 cm³/mol. The van der Waals surface area contributed by atoms with E-state index < -0.39 is 0 Å². The number of hydrogen-bond donors (Lipinski definition) is 1. The van der Waals surface area contributed by atoms with Gasteiger partial charge in [0.2, 0.25) is 0 Å². The number of aryl methyl sites for hydroxylation is 1. The number of benzene rings is 1. The number of halogens is 1. The van der Waals surface area contributed by atoms with Crippen LogP contribution < -0.4 is 10.1 Å². The van der Waals surface area contributed by atoms with Crippen LogP contribution in [-0.4, -0.2) is 13.2 Å². The smallest absolute Gasteiger partial charge is 0.168 e. The van der Waals surface area contributed by atoms with Crippen LogP contribution in [0.4, 0.5) is 4.39 Å². The lowest BCUT2D eigenvalue weighted by molar-refractivity contribution is 0.176. The molecule has 0 saturated carbocycles. The number of hydrogen-bond acceptors (Lipinski definition) is 2. The van der Waals surface area contributed by atoms with Crippen LogP contribution >= 0.6 is 0 Å². The van der Waals surface area contributed by atoms with Crippen molar-refractivity contribution in [2.75, 3.05) is 7.05 Å². The molecule has 0 spiro atoms. The van der Waals surface area contributed by atoms with Crippen LogP contribution in [0.5, 0.6) is 5.75 Å². The summed E-state index contributed by atoms with van der Waals surface area (Å²) in [5.41, 5.74) is 1.59. The first-order chi connectivity index (χ1) is 7.69. The third-order valence-corrected chi connectivity index (χ3v) is 3.18. The lowest BCUT2D eigenvalue weighted by Crippen LogP contribution is -2.28. The van der Waals surface area contributed by atoms with Gasteiger partial charge in [-0.25, -0.2) is 4.39 Å². The first kappa shape index (κ1) is 11.4. The van der Waals surface area contributed by atoms with Gasteiger partial charge in [-0.05, 0) is 26.0 Å². The van der Waals surface area contributed by atoms with Gasteiger partial charge in [-0.1, -0.05) is 25.5 Å². The molecule has 0 bridgehead atoms. The summed E-state index contributed by atoms with van der Waals surface area (Å²) in [5, 5.41) is 3.21. The summed E-state index contributed by atoms with van der Waals surface area (Å²) in [6.45, 7) is 3.88. The van der Waals surface area contributed by atoms with Crippen LogP contribution in [0.2, 0.25) is 0 Å². The maximum Gasteiger partial charge on any atom is 0.168 e. The average Bonchev–Trinajstić information content (AvgIpc) is 2.62. The largest absolute Gasteiger partial charge is 0.485 e. The molecule has 1 aliphatic rings. The molecule has 2 unspecified atom stereocenters. The summed E-state index contributed by atoms with van der Waals surface area (Å²) >= 11 is 0. The van der Waals surface area contributed by atoms with Gasteiger partial charge in [0.05, 0.1) is 6.04 Å². The highest BCUT2D eigenvalue weighted by Crippen LogP contribution is 2.40. The molecule has 0 saturated heterocycles. The van der Waals surface area contributed by atoms with E-state index in [9.17, 15) is 4.39 Å². The molecule has 1 heterocycles. The van der Waals surface area contributed by atoms with Crippen LogP contribution in [0.3, 0.4) is 0 Å². The molecule has 0 radical (unpaired) electrons. The third kappa shape index (κ3) is 1.69. The molecule has 1 aliphatic heterocycles. The van der Waals surface area contributed by atoms with Crippen molar-refractivity contribution >= 4 is 0 Å². The Bertz CT molecular complexity index is 392. The second-order valence-electron chi connectivity index (χ2n) is 4.33. The van der Waals surface area contributed by atoms with Gasteiger partial charge in [-0.3, -0.25) is 0 Å². The molecule has 2 rings (SSSR count). The molecular formula is C13H18FNO.